The Morgan fingerprint density at radius 3 is 2.68 bits per heavy atom. The van der Waals surface area contributed by atoms with Crippen molar-refractivity contribution < 1.29 is 8.83 Å². The lowest BCUT2D eigenvalue weighted by Crippen LogP contribution is -2.13. The van der Waals surface area contributed by atoms with E-state index in [0.717, 1.165) is 5.82 Å². The highest BCUT2D eigenvalue weighted by Crippen LogP contribution is 2.26. The second-order valence-corrected chi connectivity index (χ2v) is 7.33. The fourth-order valence-electron chi connectivity index (χ4n) is 1.61. The molecule has 0 unspecified atom stereocenters. The SMILES string of the molecule is CC(C)(C)c1nc(SCc2nnc(-c3ccc(Br)o3)o2)n[nH]1. The zero-order valence-electron chi connectivity index (χ0n) is 12.3. The van der Waals surface area contributed by atoms with E-state index in [-0.39, 0.29) is 5.41 Å². The van der Waals surface area contributed by atoms with Crippen molar-refractivity contribution in [1.82, 2.24) is 25.4 Å². The molecular weight excluding hydrogens is 370 g/mol. The first-order valence-electron chi connectivity index (χ1n) is 6.55. The minimum Gasteiger partial charge on any atom is -0.444 e. The molecule has 0 saturated carbocycles. The lowest BCUT2D eigenvalue weighted by molar-refractivity contribution is 0.486. The number of hydrogen-bond donors (Lipinski definition) is 1. The predicted molar refractivity (Wildman–Crippen MR) is 84.3 cm³/mol. The van der Waals surface area contributed by atoms with Crippen LogP contribution in [0.15, 0.2) is 30.8 Å². The van der Waals surface area contributed by atoms with Crippen LogP contribution in [0, 0.1) is 0 Å². The first-order chi connectivity index (χ1) is 10.4. The van der Waals surface area contributed by atoms with Crippen molar-refractivity contribution in [2.24, 2.45) is 0 Å². The Hall–Kier alpha value is -1.61. The van der Waals surface area contributed by atoms with Crippen molar-refractivity contribution >= 4 is 27.7 Å². The van der Waals surface area contributed by atoms with Crippen LogP contribution >= 0.6 is 27.7 Å². The molecule has 0 aliphatic rings. The maximum Gasteiger partial charge on any atom is 0.283 e. The van der Waals surface area contributed by atoms with E-state index in [1.165, 1.54) is 11.8 Å². The maximum atomic E-state index is 5.56. The van der Waals surface area contributed by atoms with Crippen LogP contribution in [0.1, 0.15) is 32.5 Å². The number of nitrogens with one attached hydrogen (secondary N) is 1. The van der Waals surface area contributed by atoms with E-state index in [2.05, 4.69) is 62.1 Å². The summed E-state index contributed by atoms with van der Waals surface area (Å²) in [6.45, 7) is 6.23. The molecule has 0 fully saturated rings. The summed E-state index contributed by atoms with van der Waals surface area (Å²) in [6, 6.07) is 3.54. The minimum absolute atomic E-state index is 0.0594. The number of aromatic amines is 1. The van der Waals surface area contributed by atoms with Gasteiger partial charge in [-0.1, -0.05) is 32.5 Å². The van der Waals surface area contributed by atoms with Crippen LogP contribution < -0.4 is 0 Å². The number of halogens is 1. The van der Waals surface area contributed by atoms with Crippen molar-refractivity contribution in [3.8, 4) is 11.7 Å². The van der Waals surface area contributed by atoms with Crippen molar-refractivity contribution in [2.75, 3.05) is 0 Å². The Morgan fingerprint density at radius 2 is 2.05 bits per heavy atom. The van der Waals surface area contributed by atoms with Gasteiger partial charge in [-0.2, -0.15) is 0 Å². The second kappa shape index (κ2) is 5.88. The quantitative estimate of drug-likeness (QED) is 0.684. The fourth-order valence-corrected chi connectivity index (χ4v) is 2.56. The molecule has 7 nitrogen and oxygen atoms in total. The molecule has 3 rings (SSSR count). The van der Waals surface area contributed by atoms with Gasteiger partial charge in [-0.05, 0) is 28.1 Å². The van der Waals surface area contributed by atoms with Gasteiger partial charge in [0.05, 0.1) is 5.75 Å². The molecule has 0 bridgehead atoms. The van der Waals surface area contributed by atoms with Crippen LogP contribution in [0.25, 0.3) is 11.7 Å². The van der Waals surface area contributed by atoms with Gasteiger partial charge in [0.15, 0.2) is 10.4 Å². The molecule has 3 aromatic rings. The average Bonchev–Trinajstić information content (AvgIpc) is 3.15. The molecule has 0 amide bonds. The number of furan rings is 1. The third-order valence-corrected chi connectivity index (χ3v) is 4.01. The number of nitrogens with zero attached hydrogens (tertiary/aromatic N) is 4. The van der Waals surface area contributed by atoms with Gasteiger partial charge in [-0.3, -0.25) is 5.10 Å². The van der Waals surface area contributed by atoms with Gasteiger partial charge in [-0.15, -0.1) is 15.3 Å². The Bertz CT molecular complexity index is 773. The van der Waals surface area contributed by atoms with Crippen LogP contribution in [-0.4, -0.2) is 25.4 Å². The zero-order valence-corrected chi connectivity index (χ0v) is 14.7. The lowest BCUT2D eigenvalue weighted by atomic mass is 9.96. The van der Waals surface area contributed by atoms with E-state index in [1.54, 1.807) is 12.1 Å². The molecule has 0 saturated heterocycles. The molecule has 3 heterocycles. The van der Waals surface area contributed by atoms with E-state index in [1.807, 2.05) is 0 Å². The van der Waals surface area contributed by atoms with Gasteiger partial charge in [-0.25, -0.2) is 4.98 Å². The molecule has 0 aliphatic carbocycles. The number of H-pyrrole nitrogens is 1. The lowest BCUT2D eigenvalue weighted by Gasteiger charge is -2.12. The fraction of sp³-hybridized carbons (Fsp3) is 0.385. The summed E-state index contributed by atoms with van der Waals surface area (Å²) in [4.78, 5) is 4.45. The highest BCUT2D eigenvalue weighted by molar-refractivity contribution is 9.10. The monoisotopic (exact) mass is 383 g/mol. The summed E-state index contributed by atoms with van der Waals surface area (Å²) < 4.78 is 11.5. The van der Waals surface area contributed by atoms with Gasteiger partial charge in [0.25, 0.3) is 5.89 Å². The van der Waals surface area contributed by atoms with Crippen molar-refractivity contribution in [2.45, 2.75) is 37.1 Å². The van der Waals surface area contributed by atoms with Crippen LogP contribution in [0.4, 0.5) is 0 Å². The van der Waals surface area contributed by atoms with Crippen LogP contribution in [0.3, 0.4) is 0 Å². The van der Waals surface area contributed by atoms with Gasteiger partial charge >= 0.3 is 0 Å². The molecule has 9 heteroatoms. The van der Waals surface area contributed by atoms with Gasteiger partial charge < -0.3 is 8.83 Å². The molecule has 0 aromatic carbocycles. The summed E-state index contributed by atoms with van der Waals surface area (Å²) >= 11 is 4.67. The van der Waals surface area contributed by atoms with Crippen molar-refractivity contribution in [3.05, 3.63) is 28.5 Å². The highest BCUT2D eigenvalue weighted by atomic mass is 79.9. The smallest absolute Gasteiger partial charge is 0.283 e. The number of rotatable bonds is 4. The Kier molecular flexibility index (Phi) is 4.09. The molecule has 0 radical (unpaired) electrons. The topological polar surface area (TPSA) is 93.6 Å². The zero-order chi connectivity index (χ0) is 15.7. The second-order valence-electron chi connectivity index (χ2n) is 5.61. The average molecular weight is 384 g/mol. The van der Waals surface area contributed by atoms with E-state index in [4.69, 9.17) is 8.83 Å². The molecule has 3 aromatic heterocycles. The third-order valence-electron chi connectivity index (χ3n) is 2.75. The van der Waals surface area contributed by atoms with Gasteiger partial charge in [0.1, 0.15) is 5.82 Å². The van der Waals surface area contributed by atoms with Crippen LogP contribution in [0.5, 0.6) is 0 Å². The largest absolute Gasteiger partial charge is 0.444 e. The van der Waals surface area contributed by atoms with Gasteiger partial charge in [0.2, 0.25) is 11.0 Å². The third kappa shape index (κ3) is 3.41. The maximum absolute atomic E-state index is 5.56. The summed E-state index contributed by atoms with van der Waals surface area (Å²) in [5.74, 6) is 2.72. The molecule has 116 valence electrons. The van der Waals surface area contributed by atoms with E-state index >= 15 is 0 Å². The number of thioether (sulfide) groups is 1. The number of hydrogen-bond acceptors (Lipinski definition) is 7. The molecule has 1 N–H and O–H groups in total. The Labute approximate surface area is 139 Å². The Morgan fingerprint density at radius 1 is 1.23 bits per heavy atom. The standard InChI is InChI=1S/C13H14BrN5O2S/c1-13(2,3)11-15-12(19-18-11)22-6-9-16-17-10(21-9)7-4-5-8(14)20-7/h4-5H,6H2,1-3H3,(H,15,18,19). The summed E-state index contributed by atoms with van der Waals surface area (Å²) in [6.07, 6.45) is 0. The van der Waals surface area contributed by atoms with E-state index < -0.39 is 0 Å². The van der Waals surface area contributed by atoms with E-state index in [0.29, 0.717) is 33.1 Å². The summed E-state index contributed by atoms with van der Waals surface area (Å²) in [7, 11) is 0. The van der Waals surface area contributed by atoms with E-state index in [9.17, 15) is 0 Å². The molecule has 0 spiro atoms. The van der Waals surface area contributed by atoms with Crippen LogP contribution in [-0.2, 0) is 11.2 Å². The summed E-state index contributed by atoms with van der Waals surface area (Å²) in [5.41, 5.74) is -0.0594. The minimum atomic E-state index is -0.0594. The van der Waals surface area contributed by atoms with Crippen LogP contribution in [0.2, 0.25) is 0 Å². The molecule has 0 aliphatic heterocycles. The normalized spacial score (nSPS) is 12.0. The highest BCUT2D eigenvalue weighted by Gasteiger charge is 2.19. The summed E-state index contributed by atoms with van der Waals surface area (Å²) in [5, 5.41) is 15.7. The van der Waals surface area contributed by atoms with Crippen molar-refractivity contribution in [3.63, 3.8) is 0 Å². The molecule has 22 heavy (non-hydrogen) atoms. The Balaban J connectivity index is 1.65. The molecule has 0 atom stereocenters. The number of aromatic nitrogens is 5. The predicted octanol–water partition coefficient (Wildman–Crippen LogP) is 3.80. The van der Waals surface area contributed by atoms with Gasteiger partial charge in [0, 0.05) is 5.41 Å². The first-order valence-corrected chi connectivity index (χ1v) is 8.33. The first kappa shape index (κ1) is 15.3. The van der Waals surface area contributed by atoms with Crippen molar-refractivity contribution in [1.29, 1.82) is 0 Å². The molecular formula is C13H14BrN5O2S.